The molecule has 1 atom stereocenters. The molecule has 0 aromatic carbocycles. The molecule has 0 amide bonds. The fourth-order valence-electron chi connectivity index (χ4n) is 2.55. The average molecular weight is 276 g/mol. The van der Waals surface area contributed by atoms with E-state index in [2.05, 4.69) is 9.88 Å². The molecule has 1 saturated heterocycles. The SMILES string of the molecule is CC(C)(C)OC(=O)[C@H]1CCCN1CCc1ccncc1. The lowest BCUT2D eigenvalue weighted by Gasteiger charge is -2.27. The highest BCUT2D eigenvalue weighted by Crippen LogP contribution is 2.21. The van der Waals surface area contributed by atoms with Gasteiger partial charge < -0.3 is 4.74 Å². The van der Waals surface area contributed by atoms with E-state index in [9.17, 15) is 4.79 Å². The van der Waals surface area contributed by atoms with Gasteiger partial charge in [0.25, 0.3) is 0 Å². The van der Waals surface area contributed by atoms with Gasteiger partial charge in [-0.1, -0.05) is 0 Å². The van der Waals surface area contributed by atoms with Crippen molar-refractivity contribution < 1.29 is 9.53 Å². The third-order valence-corrected chi connectivity index (χ3v) is 3.48. The molecule has 1 aliphatic heterocycles. The van der Waals surface area contributed by atoms with Crippen molar-refractivity contribution in [3.63, 3.8) is 0 Å². The van der Waals surface area contributed by atoms with Crippen molar-refractivity contribution in [1.82, 2.24) is 9.88 Å². The largest absolute Gasteiger partial charge is 0.459 e. The van der Waals surface area contributed by atoms with Gasteiger partial charge in [-0.15, -0.1) is 0 Å². The van der Waals surface area contributed by atoms with Crippen LogP contribution in [0.4, 0.5) is 0 Å². The summed E-state index contributed by atoms with van der Waals surface area (Å²) in [6.45, 7) is 7.63. The van der Waals surface area contributed by atoms with Crippen molar-refractivity contribution >= 4 is 5.97 Å². The molecule has 1 aliphatic rings. The van der Waals surface area contributed by atoms with Crippen LogP contribution in [0.2, 0.25) is 0 Å². The van der Waals surface area contributed by atoms with Crippen molar-refractivity contribution in [2.45, 2.75) is 51.7 Å². The van der Waals surface area contributed by atoms with Gasteiger partial charge in [0.1, 0.15) is 11.6 Å². The number of nitrogens with zero attached hydrogens (tertiary/aromatic N) is 2. The number of pyridine rings is 1. The molecule has 4 nitrogen and oxygen atoms in total. The second-order valence-corrected chi connectivity index (χ2v) is 6.33. The zero-order chi connectivity index (χ0) is 14.6. The Morgan fingerprint density at radius 3 is 2.75 bits per heavy atom. The number of esters is 1. The van der Waals surface area contributed by atoms with Crippen molar-refractivity contribution in [2.75, 3.05) is 13.1 Å². The van der Waals surface area contributed by atoms with Gasteiger partial charge in [0.2, 0.25) is 0 Å². The van der Waals surface area contributed by atoms with E-state index in [-0.39, 0.29) is 12.0 Å². The molecule has 0 radical (unpaired) electrons. The van der Waals surface area contributed by atoms with Crippen molar-refractivity contribution in [3.05, 3.63) is 30.1 Å². The van der Waals surface area contributed by atoms with Gasteiger partial charge in [-0.3, -0.25) is 14.7 Å². The molecule has 0 bridgehead atoms. The molecule has 20 heavy (non-hydrogen) atoms. The standard InChI is InChI=1S/C16H24N2O2/c1-16(2,3)20-15(19)14-5-4-11-18(14)12-8-13-6-9-17-10-7-13/h6-7,9-10,14H,4-5,8,11-12H2,1-3H3/t14-/m1/s1. The molecule has 0 N–H and O–H groups in total. The predicted octanol–water partition coefficient (Wildman–Crippen LogP) is 2.43. The molecule has 0 spiro atoms. The fourth-order valence-corrected chi connectivity index (χ4v) is 2.55. The van der Waals surface area contributed by atoms with Gasteiger partial charge in [0.15, 0.2) is 0 Å². The number of carbonyl (C=O) groups excluding carboxylic acids is 1. The molecule has 1 aromatic heterocycles. The smallest absolute Gasteiger partial charge is 0.323 e. The van der Waals surface area contributed by atoms with Crippen LogP contribution in [-0.2, 0) is 16.0 Å². The van der Waals surface area contributed by atoms with Crippen LogP contribution in [0, 0.1) is 0 Å². The zero-order valence-corrected chi connectivity index (χ0v) is 12.6. The Bertz CT molecular complexity index is 440. The first kappa shape index (κ1) is 15.0. The van der Waals surface area contributed by atoms with E-state index in [1.54, 1.807) is 0 Å². The summed E-state index contributed by atoms with van der Waals surface area (Å²) in [6, 6.07) is 3.98. The maximum Gasteiger partial charge on any atom is 0.323 e. The van der Waals surface area contributed by atoms with Crippen LogP contribution in [0.25, 0.3) is 0 Å². The number of rotatable bonds is 4. The number of hydrogen-bond donors (Lipinski definition) is 0. The van der Waals surface area contributed by atoms with Crippen molar-refractivity contribution in [2.24, 2.45) is 0 Å². The molecule has 4 heteroatoms. The van der Waals surface area contributed by atoms with E-state index < -0.39 is 5.60 Å². The molecule has 110 valence electrons. The van der Waals surface area contributed by atoms with Gasteiger partial charge in [-0.2, -0.15) is 0 Å². The van der Waals surface area contributed by atoms with Gasteiger partial charge >= 0.3 is 5.97 Å². The topological polar surface area (TPSA) is 42.4 Å². The number of aromatic nitrogens is 1. The highest BCUT2D eigenvalue weighted by molar-refractivity contribution is 5.76. The van der Waals surface area contributed by atoms with Gasteiger partial charge in [0.05, 0.1) is 0 Å². The minimum absolute atomic E-state index is 0.0731. The third-order valence-electron chi connectivity index (χ3n) is 3.48. The molecule has 0 unspecified atom stereocenters. The maximum atomic E-state index is 12.2. The monoisotopic (exact) mass is 276 g/mol. The van der Waals surface area contributed by atoms with Crippen LogP contribution in [0.3, 0.4) is 0 Å². The highest BCUT2D eigenvalue weighted by atomic mass is 16.6. The summed E-state index contributed by atoms with van der Waals surface area (Å²) in [5.74, 6) is -0.0790. The Morgan fingerprint density at radius 1 is 1.40 bits per heavy atom. The van der Waals surface area contributed by atoms with Crippen LogP contribution in [0.15, 0.2) is 24.5 Å². The lowest BCUT2D eigenvalue weighted by Crippen LogP contribution is -2.41. The Balaban J connectivity index is 1.89. The summed E-state index contributed by atoms with van der Waals surface area (Å²) in [4.78, 5) is 18.5. The maximum absolute atomic E-state index is 12.2. The van der Waals surface area contributed by atoms with Gasteiger partial charge in [-0.25, -0.2) is 0 Å². The second kappa shape index (κ2) is 6.35. The number of likely N-dealkylation sites (tertiary alicyclic amines) is 1. The minimum Gasteiger partial charge on any atom is -0.459 e. The average Bonchev–Trinajstić information content (AvgIpc) is 2.84. The normalized spacial score (nSPS) is 20.1. The lowest BCUT2D eigenvalue weighted by atomic mass is 10.1. The molecular weight excluding hydrogens is 252 g/mol. The molecular formula is C16H24N2O2. The Kier molecular flexibility index (Phi) is 4.76. The van der Waals surface area contributed by atoms with Crippen LogP contribution >= 0.6 is 0 Å². The second-order valence-electron chi connectivity index (χ2n) is 6.33. The van der Waals surface area contributed by atoms with E-state index in [0.717, 1.165) is 32.4 Å². The summed E-state index contributed by atoms with van der Waals surface area (Å²) in [5.41, 5.74) is 0.853. The zero-order valence-electron chi connectivity index (χ0n) is 12.6. The van der Waals surface area contributed by atoms with E-state index in [1.807, 2.05) is 45.3 Å². The van der Waals surface area contributed by atoms with E-state index >= 15 is 0 Å². The van der Waals surface area contributed by atoms with Gasteiger partial charge in [-0.05, 0) is 64.3 Å². The Morgan fingerprint density at radius 2 is 2.10 bits per heavy atom. The first-order valence-electron chi connectivity index (χ1n) is 7.31. The summed E-state index contributed by atoms with van der Waals surface area (Å²) in [6.07, 6.45) is 6.54. The molecule has 1 fully saturated rings. The Hall–Kier alpha value is -1.42. The fraction of sp³-hybridized carbons (Fsp3) is 0.625. The molecule has 2 heterocycles. The quantitative estimate of drug-likeness (QED) is 0.792. The van der Waals surface area contributed by atoms with Crippen LogP contribution in [0.1, 0.15) is 39.2 Å². The summed E-state index contributed by atoms with van der Waals surface area (Å²) in [5, 5.41) is 0. The number of hydrogen-bond acceptors (Lipinski definition) is 4. The van der Waals surface area contributed by atoms with Crippen LogP contribution in [-0.4, -0.2) is 40.6 Å². The number of carbonyl (C=O) groups is 1. The number of ether oxygens (including phenoxy) is 1. The summed E-state index contributed by atoms with van der Waals surface area (Å²) in [7, 11) is 0. The summed E-state index contributed by atoms with van der Waals surface area (Å²) < 4.78 is 5.51. The molecule has 0 aliphatic carbocycles. The molecule has 2 rings (SSSR count). The highest BCUT2D eigenvalue weighted by Gasteiger charge is 2.33. The third kappa shape index (κ3) is 4.30. The molecule has 1 aromatic rings. The minimum atomic E-state index is -0.406. The van der Waals surface area contributed by atoms with E-state index in [1.165, 1.54) is 5.56 Å². The van der Waals surface area contributed by atoms with Crippen LogP contribution < -0.4 is 0 Å². The first-order valence-corrected chi connectivity index (χ1v) is 7.31. The summed E-state index contributed by atoms with van der Waals surface area (Å²) >= 11 is 0. The van der Waals surface area contributed by atoms with Crippen molar-refractivity contribution in [1.29, 1.82) is 0 Å². The van der Waals surface area contributed by atoms with E-state index in [4.69, 9.17) is 4.74 Å². The lowest BCUT2D eigenvalue weighted by molar-refractivity contribution is -0.160. The van der Waals surface area contributed by atoms with Gasteiger partial charge in [0, 0.05) is 18.9 Å². The predicted molar refractivity (Wildman–Crippen MR) is 78.4 cm³/mol. The van der Waals surface area contributed by atoms with Crippen LogP contribution in [0.5, 0.6) is 0 Å². The molecule has 0 saturated carbocycles. The Labute approximate surface area is 121 Å². The first-order chi connectivity index (χ1) is 9.46. The van der Waals surface area contributed by atoms with Crippen molar-refractivity contribution in [3.8, 4) is 0 Å². The van der Waals surface area contributed by atoms with E-state index in [0.29, 0.717) is 0 Å².